The van der Waals surface area contributed by atoms with E-state index in [4.69, 9.17) is 9.15 Å². The van der Waals surface area contributed by atoms with Gasteiger partial charge in [-0.1, -0.05) is 30.3 Å². The van der Waals surface area contributed by atoms with Gasteiger partial charge >= 0.3 is 0 Å². The second kappa shape index (κ2) is 8.40. The highest BCUT2D eigenvalue weighted by molar-refractivity contribution is 5.94. The summed E-state index contributed by atoms with van der Waals surface area (Å²) in [5, 5.41) is 7.46. The highest BCUT2D eigenvalue weighted by atomic mass is 16.5. The van der Waals surface area contributed by atoms with Crippen LogP contribution in [0.4, 0.5) is 0 Å². The Hall–Kier alpha value is -3.28. The molecule has 6 heteroatoms. The van der Waals surface area contributed by atoms with E-state index in [0.717, 1.165) is 16.5 Å². The fraction of sp³-hybridized carbons (Fsp3) is 0.238. The van der Waals surface area contributed by atoms with E-state index in [1.165, 1.54) is 0 Å². The predicted octanol–water partition coefficient (Wildman–Crippen LogP) is 3.27. The zero-order chi connectivity index (χ0) is 19.2. The van der Waals surface area contributed by atoms with Crippen LogP contribution < -0.4 is 15.4 Å². The largest absolute Gasteiger partial charge is 0.486 e. The van der Waals surface area contributed by atoms with Crippen LogP contribution >= 0.6 is 0 Å². The first-order valence-corrected chi connectivity index (χ1v) is 8.79. The average molecular weight is 366 g/mol. The SMILES string of the molecule is CC(C)NC(=O)CNC(=O)c1ccc(COc2ccc3ccccc3c2)o1. The molecular weight excluding hydrogens is 344 g/mol. The molecule has 1 heterocycles. The Labute approximate surface area is 157 Å². The number of nitrogens with one attached hydrogen (secondary N) is 2. The molecule has 1 aromatic heterocycles. The van der Waals surface area contributed by atoms with Crippen LogP contribution in [0.25, 0.3) is 10.8 Å². The number of hydrogen-bond donors (Lipinski definition) is 2. The molecule has 0 fully saturated rings. The Morgan fingerprint density at radius 2 is 1.81 bits per heavy atom. The van der Waals surface area contributed by atoms with Crippen LogP contribution in [0.2, 0.25) is 0 Å². The van der Waals surface area contributed by atoms with E-state index in [1.54, 1.807) is 12.1 Å². The van der Waals surface area contributed by atoms with Crippen molar-refractivity contribution in [2.45, 2.75) is 26.5 Å². The van der Waals surface area contributed by atoms with Crippen LogP contribution in [-0.4, -0.2) is 24.4 Å². The second-order valence-corrected chi connectivity index (χ2v) is 6.47. The number of carbonyl (C=O) groups is 2. The maximum absolute atomic E-state index is 12.0. The highest BCUT2D eigenvalue weighted by Crippen LogP contribution is 2.21. The molecule has 0 aliphatic carbocycles. The van der Waals surface area contributed by atoms with E-state index >= 15 is 0 Å². The van der Waals surface area contributed by atoms with Crippen LogP contribution in [0.3, 0.4) is 0 Å². The summed E-state index contributed by atoms with van der Waals surface area (Å²) in [6, 6.07) is 17.1. The van der Waals surface area contributed by atoms with Gasteiger partial charge in [-0.3, -0.25) is 9.59 Å². The monoisotopic (exact) mass is 366 g/mol. The Bertz CT molecular complexity index is 946. The molecule has 2 N–H and O–H groups in total. The first-order chi connectivity index (χ1) is 13.0. The van der Waals surface area contributed by atoms with Crippen molar-refractivity contribution >= 4 is 22.6 Å². The van der Waals surface area contributed by atoms with Gasteiger partial charge in [0.25, 0.3) is 5.91 Å². The third-order valence-corrected chi connectivity index (χ3v) is 3.85. The molecule has 2 amide bonds. The van der Waals surface area contributed by atoms with Gasteiger partial charge in [-0.05, 0) is 48.9 Å². The van der Waals surface area contributed by atoms with E-state index < -0.39 is 5.91 Å². The molecule has 0 aliphatic rings. The molecule has 0 bridgehead atoms. The number of ether oxygens (including phenoxy) is 1. The minimum atomic E-state index is -0.439. The molecule has 6 nitrogen and oxygen atoms in total. The first-order valence-electron chi connectivity index (χ1n) is 8.79. The normalized spacial score (nSPS) is 10.8. The van der Waals surface area contributed by atoms with Crippen molar-refractivity contribution in [3.63, 3.8) is 0 Å². The third-order valence-electron chi connectivity index (χ3n) is 3.85. The summed E-state index contributed by atoms with van der Waals surface area (Å²) in [6.07, 6.45) is 0. The van der Waals surface area contributed by atoms with Crippen molar-refractivity contribution in [2.24, 2.45) is 0 Å². The second-order valence-electron chi connectivity index (χ2n) is 6.47. The summed E-state index contributed by atoms with van der Waals surface area (Å²) in [4.78, 5) is 23.6. The summed E-state index contributed by atoms with van der Waals surface area (Å²) in [7, 11) is 0. The van der Waals surface area contributed by atoms with Crippen molar-refractivity contribution in [1.29, 1.82) is 0 Å². The van der Waals surface area contributed by atoms with Gasteiger partial charge in [0.05, 0.1) is 6.54 Å². The molecule has 27 heavy (non-hydrogen) atoms. The minimum absolute atomic E-state index is 0.0249. The molecule has 3 aromatic rings. The first kappa shape index (κ1) is 18.5. The van der Waals surface area contributed by atoms with E-state index in [-0.39, 0.29) is 30.9 Å². The zero-order valence-corrected chi connectivity index (χ0v) is 15.3. The van der Waals surface area contributed by atoms with Crippen LogP contribution in [0, 0.1) is 0 Å². The number of furan rings is 1. The molecule has 140 valence electrons. The number of benzene rings is 2. The van der Waals surface area contributed by atoms with Crippen molar-refractivity contribution in [3.05, 3.63) is 66.1 Å². The van der Waals surface area contributed by atoms with Gasteiger partial charge in [0.2, 0.25) is 5.91 Å². The van der Waals surface area contributed by atoms with Crippen molar-refractivity contribution < 1.29 is 18.7 Å². The molecule has 0 atom stereocenters. The average Bonchev–Trinajstić information content (AvgIpc) is 3.13. The smallest absolute Gasteiger partial charge is 0.287 e. The van der Waals surface area contributed by atoms with Crippen molar-refractivity contribution in [3.8, 4) is 5.75 Å². The topological polar surface area (TPSA) is 80.6 Å². The third kappa shape index (κ3) is 5.10. The molecule has 0 unspecified atom stereocenters. The Kier molecular flexibility index (Phi) is 5.76. The number of fused-ring (bicyclic) bond motifs is 1. The van der Waals surface area contributed by atoms with Gasteiger partial charge in [0.1, 0.15) is 18.1 Å². The summed E-state index contributed by atoms with van der Waals surface area (Å²) in [6.45, 7) is 3.82. The summed E-state index contributed by atoms with van der Waals surface area (Å²) >= 11 is 0. The van der Waals surface area contributed by atoms with Crippen LogP contribution in [-0.2, 0) is 11.4 Å². The minimum Gasteiger partial charge on any atom is -0.486 e. The van der Waals surface area contributed by atoms with E-state index in [9.17, 15) is 9.59 Å². The fourth-order valence-electron chi connectivity index (χ4n) is 2.61. The lowest BCUT2D eigenvalue weighted by Crippen LogP contribution is -2.39. The van der Waals surface area contributed by atoms with Crippen molar-refractivity contribution in [1.82, 2.24) is 10.6 Å². The van der Waals surface area contributed by atoms with Crippen LogP contribution in [0.15, 0.2) is 59.0 Å². The Morgan fingerprint density at radius 1 is 1.04 bits per heavy atom. The summed E-state index contributed by atoms with van der Waals surface area (Å²) < 4.78 is 11.2. The van der Waals surface area contributed by atoms with Gasteiger partial charge in [-0.15, -0.1) is 0 Å². The number of hydrogen-bond acceptors (Lipinski definition) is 4. The molecule has 3 rings (SSSR count). The molecule has 0 saturated heterocycles. The molecular formula is C21H22N2O4. The van der Waals surface area contributed by atoms with Crippen LogP contribution in [0.5, 0.6) is 5.75 Å². The van der Waals surface area contributed by atoms with Crippen molar-refractivity contribution in [2.75, 3.05) is 6.54 Å². The number of rotatable bonds is 7. The maximum atomic E-state index is 12.0. The van der Waals surface area contributed by atoms with Gasteiger partial charge in [0, 0.05) is 6.04 Å². The van der Waals surface area contributed by atoms with Gasteiger partial charge < -0.3 is 19.8 Å². The highest BCUT2D eigenvalue weighted by Gasteiger charge is 2.13. The van der Waals surface area contributed by atoms with Gasteiger partial charge in [-0.2, -0.15) is 0 Å². The zero-order valence-electron chi connectivity index (χ0n) is 15.3. The standard InChI is InChI=1S/C21H22N2O4/c1-14(2)23-20(24)12-22-21(25)19-10-9-18(27-19)13-26-17-8-7-15-5-3-4-6-16(15)11-17/h3-11,14H,12-13H2,1-2H3,(H,22,25)(H,23,24). The van der Waals surface area contributed by atoms with E-state index in [0.29, 0.717) is 5.76 Å². The molecule has 0 radical (unpaired) electrons. The van der Waals surface area contributed by atoms with E-state index in [2.05, 4.69) is 10.6 Å². The lowest BCUT2D eigenvalue weighted by Gasteiger charge is -2.08. The number of carbonyl (C=O) groups excluding carboxylic acids is 2. The molecule has 2 aromatic carbocycles. The maximum Gasteiger partial charge on any atom is 0.287 e. The molecule has 0 saturated carbocycles. The lowest BCUT2D eigenvalue weighted by atomic mass is 10.1. The fourth-order valence-corrected chi connectivity index (χ4v) is 2.61. The molecule has 0 aliphatic heterocycles. The summed E-state index contributed by atoms with van der Waals surface area (Å²) in [5.74, 6) is 0.710. The number of amides is 2. The Morgan fingerprint density at radius 3 is 2.59 bits per heavy atom. The van der Waals surface area contributed by atoms with E-state index in [1.807, 2.05) is 56.3 Å². The predicted molar refractivity (Wildman–Crippen MR) is 103 cm³/mol. The summed E-state index contributed by atoms with van der Waals surface area (Å²) in [5.41, 5.74) is 0. The van der Waals surface area contributed by atoms with Crippen LogP contribution in [0.1, 0.15) is 30.2 Å². The Balaban J connectivity index is 1.54. The van der Waals surface area contributed by atoms with Gasteiger partial charge in [-0.25, -0.2) is 0 Å². The lowest BCUT2D eigenvalue weighted by molar-refractivity contribution is -0.120. The molecule has 0 spiro atoms. The quantitative estimate of drug-likeness (QED) is 0.672. The van der Waals surface area contributed by atoms with Gasteiger partial charge in [0.15, 0.2) is 5.76 Å².